The lowest BCUT2D eigenvalue weighted by atomic mass is 10.2. The molecule has 2 N–H and O–H groups in total. The number of hydrogen-bond acceptors (Lipinski definition) is 5. The molecule has 2 unspecified atom stereocenters. The van der Waals surface area contributed by atoms with E-state index in [0.29, 0.717) is 13.1 Å². The number of nitrogens with zero attached hydrogens (tertiary/aromatic N) is 1. The van der Waals surface area contributed by atoms with E-state index in [9.17, 15) is 9.90 Å². The predicted octanol–water partition coefficient (Wildman–Crippen LogP) is 2.77. The first kappa shape index (κ1) is 17.2. The molecule has 1 aromatic rings. The lowest BCUT2D eigenvalue weighted by molar-refractivity contribution is 0.0225. The van der Waals surface area contributed by atoms with Crippen LogP contribution in [0.15, 0.2) is 16.8 Å². The second-order valence-electron chi connectivity index (χ2n) is 6.70. The molecule has 0 radical (unpaired) electrons. The number of thiophene rings is 1. The van der Waals surface area contributed by atoms with Gasteiger partial charge in [-0.05, 0) is 56.0 Å². The summed E-state index contributed by atoms with van der Waals surface area (Å²) in [5.41, 5.74) is 0.472. The molecule has 1 amide bonds. The number of aliphatic hydroxyl groups is 1. The van der Waals surface area contributed by atoms with Gasteiger partial charge in [-0.1, -0.05) is 0 Å². The monoisotopic (exact) mass is 326 g/mol. The molecule has 6 heteroatoms. The van der Waals surface area contributed by atoms with Crippen molar-refractivity contribution in [1.82, 2.24) is 10.2 Å². The second-order valence-corrected chi connectivity index (χ2v) is 7.48. The number of carbonyl (C=O) groups is 1. The molecule has 0 bridgehead atoms. The summed E-state index contributed by atoms with van der Waals surface area (Å²) in [5, 5.41) is 17.2. The Kier molecular flexibility index (Phi) is 5.83. The van der Waals surface area contributed by atoms with E-state index in [1.54, 1.807) is 16.2 Å². The normalized spacial score (nSPS) is 20.2. The summed E-state index contributed by atoms with van der Waals surface area (Å²) >= 11 is 1.58. The summed E-state index contributed by atoms with van der Waals surface area (Å²) in [4.78, 5) is 14.0. The molecule has 124 valence electrons. The molecule has 1 aliphatic heterocycles. The van der Waals surface area contributed by atoms with Gasteiger partial charge in [0.2, 0.25) is 0 Å². The first-order valence-corrected chi connectivity index (χ1v) is 8.71. The summed E-state index contributed by atoms with van der Waals surface area (Å²) in [6, 6.07) is 2.07. The van der Waals surface area contributed by atoms with Gasteiger partial charge in [0.15, 0.2) is 0 Å². The Morgan fingerprint density at radius 2 is 2.36 bits per heavy atom. The van der Waals surface area contributed by atoms with Crippen molar-refractivity contribution in [2.45, 2.75) is 51.4 Å². The molecule has 0 saturated carbocycles. The zero-order valence-corrected chi connectivity index (χ0v) is 14.4. The van der Waals surface area contributed by atoms with E-state index in [1.165, 1.54) is 0 Å². The van der Waals surface area contributed by atoms with Gasteiger partial charge in [-0.25, -0.2) is 4.79 Å². The number of ether oxygens (including phenoxy) is 1. The maximum Gasteiger partial charge on any atom is 0.410 e. The number of nitrogens with one attached hydrogen (secondary N) is 1. The third-order valence-electron chi connectivity index (χ3n) is 3.65. The van der Waals surface area contributed by atoms with Crippen LogP contribution in [0.25, 0.3) is 0 Å². The first-order chi connectivity index (χ1) is 10.4. The number of amides is 1. The van der Waals surface area contributed by atoms with E-state index < -0.39 is 11.7 Å². The van der Waals surface area contributed by atoms with Crippen molar-refractivity contribution < 1.29 is 14.6 Å². The van der Waals surface area contributed by atoms with E-state index >= 15 is 0 Å². The van der Waals surface area contributed by atoms with Crippen LogP contribution in [0.5, 0.6) is 0 Å². The Morgan fingerprint density at radius 3 is 3.00 bits per heavy atom. The Bertz CT molecular complexity index is 470. The number of likely N-dealkylation sites (tertiary alicyclic amines) is 1. The van der Waals surface area contributed by atoms with Gasteiger partial charge in [0.1, 0.15) is 5.60 Å². The first-order valence-electron chi connectivity index (χ1n) is 7.77. The Morgan fingerprint density at radius 1 is 1.59 bits per heavy atom. The molecule has 1 aromatic heterocycles. The van der Waals surface area contributed by atoms with Crippen molar-refractivity contribution in [3.63, 3.8) is 0 Å². The minimum absolute atomic E-state index is 0.143. The summed E-state index contributed by atoms with van der Waals surface area (Å²) in [7, 11) is 0. The van der Waals surface area contributed by atoms with Gasteiger partial charge in [-0.15, -0.1) is 0 Å². The Balaban J connectivity index is 1.78. The van der Waals surface area contributed by atoms with Crippen molar-refractivity contribution >= 4 is 17.4 Å². The molecule has 0 spiro atoms. The van der Waals surface area contributed by atoms with Crippen LogP contribution in [0, 0.1) is 0 Å². The number of hydrogen-bond donors (Lipinski definition) is 2. The predicted molar refractivity (Wildman–Crippen MR) is 88.1 cm³/mol. The van der Waals surface area contributed by atoms with Crippen LogP contribution >= 0.6 is 11.3 Å². The lowest BCUT2D eigenvalue weighted by Crippen LogP contribution is -2.44. The van der Waals surface area contributed by atoms with E-state index in [2.05, 4.69) is 5.32 Å². The molecule has 1 fully saturated rings. The third kappa shape index (κ3) is 4.97. The number of aliphatic hydroxyl groups excluding tert-OH is 1. The van der Waals surface area contributed by atoms with Crippen LogP contribution in [-0.2, 0) is 4.74 Å². The van der Waals surface area contributed by atoms with E-state index in [4.69, 9.17) is 4.74 Å². The molecule has 5 nitrogen and oxygen atoms in total. The van der Waals surface area contributed by atoms with Gasteiger partial charge < -0.3 is 20.1 Å². The van der Waals surface area contributed by atoms with Crippen LogP contribution < -0.4 is 5.32 Å². The highest BCUT2D eigenvalue weighted by Gasteiger charge is 2.31. The largest absolute Gasteiger partial charge is 0.444 e. The average Bonchev–Trinajstić information content (AvgIpc) is 3.08. The molecule has 0 aromatic carbocycles. The SMILES string of the molecule is CC(C)(C)OC(=O)N1CCCC1CNCC(O)c1ccsc1. The summed E-state index contributed by atoms with van der Waals surface area (Å²) in [6.45, 7) is 7.56. The van der Waals surface area contributed by atoms with Crippen molar-refractivity contribution in [3.05, 3.63) is 22.4 Å². The summed E-state index contributed by atoms with van der Waals surface area (Å²) in [6.07, 6.45) is 1.23. The molecular formula is C16H26N2O3S. The third-order valence-corrected chi connectivity index (χ3v) is 4.35. The summed E-state index contributed by atoms with van der Waals surface area (Å²) < 4.78 is 5.45. The molecule has 2 heterocycles. The molecule has 0 aliphatic carbocycles. The Labute approximate surface area is 136 Å². The molecule has 22 heavy (non-hydrogen) atoms. The Hall–Kier alpha value is -1.11. The smallest absolute Gasteiger partial charge is 0.410 e. The highest BCUT2D eigenvalue weighted by Crippen LogP contribution is 2.21. The lowest BCUT2D eigenvalue weighted by Gasteiger charge is -2.29. The molecule has 2 atom stereocenters. The van der Waals surface area contributed by atoms with Gasteiger partial charge in [-0.3, -0.25) is 0 Å². The molecule has 2 rings (SSSR count). The standard InChI is InChI=1S/C16H26N2O3S/c1-16(2,3)21-15(20)18-7-4-5-13(18)9-17-10-14(19)12-6-8-22-11-12/h6,8,11,13-14,17,19H,4-5,7,9-10H2,1-3H3. The fraction of sp³-hybridized carbons (Fsp3) is 0.688. The second kappa shape index (κ2) is 7.44. The van der Waals surface area contributed by atoms with Crippen LogP contribution in [0.2, 0.25) is 0 Å². The van der Waals surface area contributed by atoms with Crippen molar-refractivity contribution in [2.75, 3.05) is 19.6 Å². The molecule has 1 saturated heterocycles. The van der Waals surface area contributed by atoms with Crippen LogP contribution in [0.3, 0.4) is 0 Å². The fourth-order valence-electron chi connectivity index (χ4n) is 2.58. The topological polar surface area (TPSA) is 61.8 Å². The maximum atomic E-state index is 12.2. The van der Waals surface area contributed by atoms with Crippen molar-refractivity contribution in [3.8, 4) is 0 Å². The zero-order chi connectivity index (χ0) is 16.2. The van der Waals surface area contributed by atoms with E-state index in [-0.39, 0.29) is 12.1 Å². The van der Waals surface area contributed by atoms with Gasteiger partial charge >= 0.3 is 6.09 Å². The zero-order valence-electron chi connectivity index (χ0n) is 13.5. The summed E-state index contributed by atoms with van der Waals surface area (Å²) in [5.74, 6) is 0. The average molecular weight is 326 g/mol. The molecular weight excluding hydrogens is 300 g/mol. The minimum Gasteiger partial charge on any atom is -0.444 e. The van der Waals surface area contributed by atoms with Crippen molar-refractivity contribution in [1.29, 1.82) is 0 Å². The quantitative estimate of drug-likeness (QED) is 0.873. The van der Waals surface area contributed by atoms with Gasteiger partial charge in [0.05, 0.1) is 6.10 Å². The minimum atomic E-state index is -0.498. The van der Waals surface area contributed by atoms with E-state index in [0.717, 1.165) is 24.9 Å². The number of carbonyl (C=O) groups excluding carboxylic acids is 1. The van der Waals surface area contributed by atoms with E-state index in [1.807, 2.05) is 37.6 Å². The van der Waals surface area contributed by atoms with Crippen LogP contribution in [0.4, 0.5) is 4.79 Å². The van der Waals surface area contributed by atoms with Crippen molar-refractivity contribution in [2.24, 2.45) is 0 Å². The molecule has 1 aliphatic rings. The number of rotatable bonds is 5. The van der Waals surface area contributed by atoms with Gasteiger partial charge in [0, 0.05) is 25.7 Å². The maximum absolute atomic E-state index is 12.2. The van der Waals surface area contributed by atoms with Gasteiger partial charge in [0.25, 0.3) is 0 Å². The van der Waals surface area contributed by atoms with Gasteiger partial charge in [-0.2, -0.15) is 11.3 Å². The van der Waals surface area contributed by atoms with Crippen LogP contribution in [0.1, 0.15) is 45.3 Å². The highest BCUT2D eigenvalue weighted by molar-refractivity contribution is 7.07. The fourth-order valence-corrected chi connectivity index (χ4v) is 3.29. The highest BCUT2D eigenvalue weighted by atomic mass is 32.1. The van der Waals surface area contributed by atoms with Crippen LogP contribution in [-0.4, -0.2) is 47.4 Å².